The Morgan fingerprint density at radius 1 is 1.50 bits per heavy atom. The standard InChI is InChI=1S/C12H15N3O/c1-2-3-8-14-9-10-6-4-5-7-11(10)12(13)15-16/h4-7,14,16H,8-9H2,1H3,(H2,13,15). The molecule has 0 aliphatic carbocycles. The van der Waals surface area contributed by atoms with Crippen LogP contribution in [0.3, 0.4) is 0 Å². The molecule has 4 heteroatoms. The molecule has 0 spiro atoms. The number of nitrogens with two attached hydrogens (primary N) is 1. The number of oxime groups is 1. The third-order valence-corrected chi connectivity index (χ3v) is 2.11. The molecule has 4 N–H and O–H groups in total. The lowest BCUT2D eigenvalue weighted by atomic mass is 10.1. The van der Waals surface area contributed by atoms with Gasteiger partial charge in [-0.25, -0.2) is 0 Å². The average Bonchev–Trinajstić information content (AvgIpc) is 2.34. The lowest BCUT2D eigenvalue weighted by Gasteiger charge is -2.07. The first kappa shape index (κ1) is 12.1. The molecule has 0 saturated carbocycles. The highest BCUT2D eigenvalue weighted by molar-refractivity contribution is 5.98. The number of hydrogen-bond acceptors (Lipinski definition) is 3. The Morgan fingerprint density at radius 3 is 2.94 bits per heavy atom. The normalized spacial score (nSPS) is 10.7. The first-order chi connectivity index (χ1) is 7.79. The van der Waals surface area contributed by atoms with E-state index in [2.05, 4.69) is 22.3 Å². The third-order valence-electron chi connectivity index (χ3n) is 2.11. The highest BCUT2D eigenvalue weighted by atomic mass is 16.4. The molecule has 0 atom stereocenters. The highest BCUT2D eigenvalue weighted by Crippen LogP contribution is 2.07. The predicted molar refractivity (Wildman–Crippen MR) is 64.1 cm³/mol. The lowest BCUT2D eigenvalue weighted by Crippen LogP contribution is -2.20. The smallest absolute Gasteiger partial charge is 0.170 e. The molecule has 1 aromatic carbocycles. The minimum Gasteiger partial charge on any atom is -0.409 e. The minimum atomic E-state index is 0.124. The van der Waals surface area contributed by atoms with Crippen molar-refractivity contribution in [1.82, 2.24) is 5.32 Å². The molecule has 0 unspecified atom stereocenters. The van der Waals surface area contributed by atoms with Crippen LogP contribution in [0.15, 0.2) is 29.4 Å². The van der Waals surface area contributed by atoms with E-state index in [9.17, 15) is 0 Å². The molecular formula is C12H15N3O. The fraction of sp³-hybridized carbons (Fsp3) is 0.250. The van der Waals surface area contributed by atoms with E-state index < -0.39 is 0 Å². The van der Waals surface area contributed by atoms with E-state index in [0.717, 1.165) is 11.1 Å². The molecule has 0 radical (unpaired) electrons. The van der Waals surface area contributed by atoms with Crippen molar-refractivity contribution in [2.45, 2.75) is 13.5 Å². The molecule has 0 heterocycles. The molecule has 1 aromatic rings. The molecule has 0 fully saturated rings. The number of rotatable bonds is 4. The molecule has 4 nitrogen and oxygen atoms in total. The van der Waals surface area contributed by atoms with Crippen molar-refractivity contribution in [2.75, 3.05) is 6.54 Å². The van der Waals surface area contributed by atoms with Crippen LogP contribution < -0.4 is 11.1 Å². The van der Waals surface area contributed by atoms with Crippen molar-refractivity contribution < 1.29 is 5.21 Å². The fourth-order valence-corrected chi connectivity index (χ4v) is 1.33. The molecule has 0 aliphatic heterocycles. The first-order valence-corrected chi connectivity index (χ1v) is 4.95. The topological polar surface area (TPSA) is 70.6 Å². The van der Waals surface area contributed by atoms with Gasteiger partial charge in [0.2, 0.25) is 0 Å². The van der Waals surface area contributed by atoms with Crippen LogP contribution in [0.5, 0.6) is 0 Å². The van der Waals surface area contributed by atoms with Gasteiger partial charge >= 0.3 is 0 Å². The van der Waals surface area contributed by atoms with Gasteiger partial charge in [-0.15, -0.1) is 5.92 Å². The summed E-state index contributed by atoms with van der Waals surface area (Å²) in [5.41, 5.74) is 7.29. The second-order valence-corrected chi connectivity index (χ2v) is 3.17. The van der Waals surface area contributed by atoms with Crippen molar-refractivity contribution in [1.29, 1.82) is 0 Å². The van der Waals surface area contributed by atoms with Crippen molar-refractivity contribution in [3.63, 3.8) is 0 Å². The molecule has 16 heavy (non-hydrogen) atoms. The molecule has 84 valence electrons. The Bertz CT molecular complexity index is 429. The number of nitrogens with zero attached hydrogens (tertiary/aromatic N) is 1. The summed E-state index contributed by atoms with van der Waals surface area (Å²) >= 11 is 0. The van der Waals surface area contributed by atoms with Crippen LogP contribution in [0.2, 0.25) is 0 Å². The van der Waals surface area contributed by atoms with Crippen LogP contribution in [0.25, 0.3) is 0 Å². The monoisotopic (exact) mass is 217 g/mol. The highest BCUT2D eigenvalue weighted by Gasteiger charge is 2.04. The quantitative estimate of drug-likeness (QED) is 0.175. The average molecular weight is 217 g/mol. The summed E-state index contributed by atoms with van der Waals surface area (Å²) in [7, 11) is 0. The van der Waals surface area contributed by atoms with E-state index in [1.165, 1.54) is 0 Å². The summed E-state index contributed by atoms with van der Waals surface area (Å²) in [5, 5.41) is 14.8. The van der Waals surface area contributed by atoms with Gasteiger partial charge in [-0.1, -0.05) is 35.3 Å². The van der Waals surface area contributed by atoms with Gasteiger partial charge in [-0.2, -0.15) is 0 Å². The van der Waals surface area contributed by atoms with Crippen molar-refractivity contribution >= 4 is 5.84 Å². The third kappa shape index (κ3) is 3.30. The van der Waals surface area contributed by atoms with Gasteiger partial charge in [0.25, 0.3) is 0 Å². The Hall–Kier alpha value is -1.99. The van der Waals surface area contributed by atoms with Gasteiger partial charge in [-0.3, -0.25) is 0 Å². The molecule has 0 saturated heterocycles. The van der Waals surface area contributed by atoms with Gasteiger partial charge in [0.15, 0.2) is 5.84 Å². The summed E-state index contributed by atoms with van der Waals surface area (Å²) < 4.78 is 0. The van der Waals surface area contributed by atoms with E-state index in [1.54, 1.807) is 6.92 Å². The van der Waals surface area contributed by atoms with Crippen LogP contribution in [-0.2, 0) is 6.54 Å². The zero-order chi connectivity index (χ0) is 11.8. The zero-order valence-corrected chi connectivity index (χ0v) is 9.20. The lowest BCUT2D eigenvalue weighted by molar-refractivity contribution is 0.318. The van der Waals surface area contributed by atoms with Crippen molar-refractivity contribution in [3.8, 4) is 11.8 Å². The Balaban J connectivity index is 2.74. The van der Waals surface area contributed by atoms with Crippen LogP contribution in [0.1, 0.15) is 18.1 Å². The molecule has 1 rings (SSSR count). The van der Waals surface area contributed by atoms with Crippen LogP contribution >= 0.6 is 0 Å². The Kier molecular flexibility index (Phi) is 4.90. The van der Waals surface area contributed by atoms with Gasteiger partial charge in [-0.05, 0) is 12.5 Å². The van der Waals surface area contributed by atoms with Gasteiger partial charge in [0, 0.05) is 12.1 Å². The van der Waals surface area contributed by atoms with Crippen LogP contribution in [0.4, 0.5) is 0 Å². The van der Waals surface area contributed by atoms with E-state index in [-0.39, 0.29) is 5.84 Å². The number of nitrogens with one attached hydrogen (secondary N) is 1. The Morgan fingerprint density at radius 2 is 2.25 bits per heavy atom. The molecule has 0 bridgehead atoms. The van der Waals surface area contributed by atoms with Gasteiger partial charge in [0.1, 0.15) is 0 Å². The van der Waals surface area contributed by atoms with Crippen LogP contribution in [-0.4, -0.2) is 17.6 Å². The molecular weight excluding hydrogens is 202 g/mol. The molecule has 0 amide bonds. The second kappa shape index (κ2) is 6.49. The zero-order valence-electron chi connectivity index (χ0n) is 9.20. The molecule has 0 aliphatic rings. The van der Waals surface area contributed by atoms with Gasteiger partial charge < -0.3 is 16.3 Å². The number of hydrogen-bond donors (Lipinski definition) is 3. The first-order valence-electron chi connectivity index (χ1n) is 4.95. The largest absolute Gasteiger partial charge is 0.409 e. The Labute approximate surface area is 95.2 Å². The second-order valence-electron chi connectivity index (χ2n) is 3.17. The van der Waals surface area contributed by atoms with Gasteiger partial charge in [0.05, 0.1) is 6.54 Å². The summed E-state index contributed by atoms with van der Waals surface area (Å²) in [6.45, 7) is 3.06. The summed E-state index contributed by atoms with van der Waals surface area (Å²) in [5.74, 6) is 5.83. The van der Waals surface area contributed by atoms with E-state index in [0.29, 0.717) is 13.1 Å². The van der Waals surface area contributed by atoms with Crippen LogP contribution in [0, 0.1) is 11.8 Å². The number of benzene rings is 1. The summed E-state index contributed by atoms with van der Waals surface area (Å²) in [6.07, 6.45) is 0. The summed E-state index contributed by atoms with van der Waals surface area (Å²) in [4.78, 5) is 0. The predicted octanol–water partition coefficient (Wildman–Crippen LogP) is 0.894. The maximum atomic E-state index is 8.64. The SMILES string of the molecule is CC#CCNCc1ccccc1/C(N)=N/O. The number of amidine groups is 1. The minimum absolute atomic E-state index is 0.124. The van der Waals surface area contributed by atoms with E-state index >= 15 is 0 Å². The van der Waals surface area contributed by atoms with Crippen molar-refractivity contribution in [2.24, 2.45) is 10.9 Å². The van der Waals surface area contributed by atoms with E-state index in [1.807, 2.05) is 24.3 Å². The summed E-state index contributed by atoms with van der Waals surface area (Å²) in [6, 6.07) is 7.51. The van der Waals surface area contributed by atoms with E-state index in [4.69, 9.17) is 10.9 Å². The molecule has 0 aromatic heterocycles. The maximum Gasteiger partial charge on any atom is 0.170 e. The maximum absolute atomic E-state index is 8.64. The van der Waals surface area contributed by atoms with Crippen molar-refractivity contribution in [3.05, 3.63) is 35.4 Å². The fourth-order valence-electron chi connectivity index (χ4n) is 1.33.